The van der Waals surface area contributed by atoms with Gasteiger partial charge in [0.25, 0.3) is 0 Å². The van der Waals surface area contributed by atoms with Crippen molar-refractivity contribution >= 4 is 0 Å². The van der Waals surface area contributed by atoms with Gasteiger partial charge in [-0.3, -0.25) is 4.98 Å². The summed E-state index contributed by atoms with van der Waals surface area (Å²) in [4.78, 5) is 4.77. The minimum Gasteiger partial charge on any atom is -0.252 e. The Balaban J connectivity index is 1.99. The smallest absolute Gasteiger partial charge is 0.0705 e. The van der Waals surface area contributed by atoms with Gasteiger partial charge in [0.15, 0.2) is 0 Å². The molecule has 0 bridgehead atoms. The minimum absolute atomic E-state index is 1.03. The van der Waals surface area contributed by atoms with Crippen LogP contribution in [0.25, 0.3) is 22.4 Å². The molecule has 1 aromatic heterocycles. The van der Waals surface area contributed by atoms with Crippen molar-refractivity contribution < 1.29 is 0 Å². The van der Waals surface area contributed by atoms with Crippen LogP contribution in [0.4, 0.5) is 0 Å². The molecule has 1 heterocycles. The summed E-state index contributed by atoms with van der Waals surface area (Å²) in [5.74, 6) is 0. The van der Waals surface area contributed by atoms with Crippen molar-refractivity contribution in [2.75, 3.05) is 0 Å². The van der Waals surface area contributed by atoms with Gasteiger partial charge in [-0.05, 0) is 32.4 Å². The summed E-state index contributed by atoms with van der Waals surface area (Å²) >= 11 is 0. The molecule has 0 atom stereocenters. The third kappa shape index (κ3) is 2.87. The van der Waals surface area contributed by atoms with Crippen LogP contribution >= 0.6 is 0 Å². The standard InChI is InChI=1S/C20H19N/c1-14-4-8-17(9-5-14)19-12-13-20(21-16(19)3)18-10-6-15(2)7-11-18/h4-13H,1-3H3. The molecule has 21 heavy (non-hydrogen) atoms. The van der Waals surface area contributed by atoms with Crippen LogP contribution in [0.2, 0.25) is 0 Å². The highest BCUT2D eigenvalue weighted by Gasteiger charge is 2.06. The highest BCUT2D eigenvalue weighted by Crippen LogP contribution is 2.26. The van der Waals surface area contributed by atoms with E-state index >= 15 is 0 Å². The van der Waals surface area contributed by atoms with Gasteiger partial charge >= 0.3 is 0 Å². The Bertz CT molecular complexity index is 753. The summed E-state index contributed by atoms with van der Waals surface area (Å²) < 4.78 is 0. The third-order valence-electron chi connectivity index (χ3n) is 3.80. The Morgan fingerprint density at radius 2 is 1.10 bits per heavy atom. The molecule has 1 heteroatoms. The van der Waals surface area contributed by atoms with E-state index in [2.05, 4.69) is 81.4 Å². The van der Waals surface area contributed by atoms with Gasteiger partial charge < -0.3 is 0 Å². The van der Waals surface area contributed by atoms with E-state index in [4.69, 9.17) is 4.98 Å². The SMILES string of the molecule is Cc1ccc(-c2ccc(-c3ccc(C)cc3)c(C)n2)cc1. The number of hydrogen-bond acceptors (Lipinski definition) is 1. The summed E-state index contributed by atoms with van der Waals surface area (Å²) in [6.07, 6.45) is 0. The first-order valence-corrected chi connectivity index (χ1v) is 7.25. The van der Waals surface area contributed by atoms with Crippen LogP contribution in [0.1, 0.15) is 16.8 Å². The van der Waals surface area contributed by atoms with Gasteiger partial charge in [-0.1, -0.05) is 65.7 Å². The van der Waals surface area contributed by atoms with Crippen LogP contribution in [0, 0.1) is 20.8 Å². The molecule has 0 saturated carbocycles. The highest BCUT2D eigenvalue weighted by atomic mass is 14.7. The van der Waals surface area contributed by atoms with Crippen LogP contribution in [-0.4, -0.2) is 4.98 Å². The summed E-state index contributed by atoms with van der Waals surface area (Å²) in [6, 6.07) is 21.4. The number of aromatic nitrogens is 1. The summed E-state index contributed by atoms with van der Waals surface area (Å²) in [6.45, 7) is 6.28. The second-order valence-corrected chi connectivity index (χ2v) is 5.56. The molecule has 0 radical (unpaired) electrons. The van der Waals surface area contributed by atoms with Crippen LogP contribution in [-0.2, 0) is 0 Å². The molecule has 0 aliphatic heterocycles. The minimum atomic E-state index is 1.03. The molecule has 0 saturated heterocycles. The lowest BCUT2D eigenvalue weighted by Crippen LogP contribution is -1.91. The van der Waals surface area contributed by atoms with Gasteiger partial charge in [0.1, 0.15) is 0 Å². The predicted molar refractivity (Wildman–Crippen MR) is 89.3 cm³/mol. The first kappa shape index (κ1) is 13.6. The zero-order chi connectivity index (χ0) is 14.8. The third-order valence-corrected chi connectivity index (χ3v) is 3.80. The van der Waals surface area contributed by atoms with Crippen molar-refractivity contribution in [2.45, 2.75) is 20.8 Å². The van der Waals surface area contributed by atoms with Gasteiger partial charge in [-0.2, -0.15) is 0 Å². The number of pyridine rings is 1. The van der Waals surface area contributed by atoms with E-state index in [0.717, 1.165) is 11.4 Å². The zero-order valence-corrected chi connectivity index (χ0v) is 12.7. The van der Waals surface area contributed by atoms with Gasteiger partial charge in [-0.15, -0.1) is 0 Å². The molecule has 0 fully saturated rings. The monoisotopic (exact) mass is 273 g/mol. The fourth-order valence-electron chi connectivity index (χ4n) is 2.48. The van der Waals surface area contributed by atoms with Crippen molar-refractivity contribution in [1.29, 1.82) is 0 Å². The van der Waals surface area contributed by atoms with Gasteiger partial charge in [0.05, 0.1) is 5.69 Å². The lowest BCUT2D eigenvalue weighted by Gasteiger charge is -2.09. The van der Waals surface area contributed by atoms with Crippen LogP contribution < -0.4 is 0 Å². The molecule has 1 nitrogen and oxygen atoms in total. The Kier molecular flexibility index (Phi) is 3.57. The molecule has 0 spiro atoms. The predicted octanol–water partition coefficient (Wildman–Crippen LogP) is 5.34. The maximum absolute atomic E-state index is 4.77. The molecule has 0 aliphatic carbocycles. The fraction of sp³-hybridized carbons (Fsp3) is 0.150. The second-order valence-electron chi connectivity index (χ2n) is 5.56. The molecule has 0 N–H and O–H groups in total. The van der Waals surface area contributed by atoms with E-state index in [1.807, 2.05) is 0 Å². The summed E-state index contributed by atoms with van der Waals surface area (Å²) in [5, 5.41) is 0. The quantitative estimate of drug-likeness (QED) is 0.614. The summed E-state index contributed by atoms with van der Waals surface area (Å²) in [5.41, 5.74) is 8.23. The van der Waals surface area contributed by atoms with E-state index in [0.29, 0.717) is 0 Å². The van der Waals surface area contributed by atoms with Crippen molar-refractivity contribution in [2.24, 2.45) is 0 Å². The fourth-order valence-corrected chi connectivity index (χ4v) is 2.48. The number of hydrogen-bond donors (Lipinski definition) is 0. The average molecular weight is 273 g/mol. The molecule has 0 aliphatic rings. The van der Waals surface area contributed by atoms with Crippen LogP contribution in [0.5, 0.6) is 0 Å². The van der Waals surface area contributed by atoms with Crippen molar-refractivity contribution in [3.8, 4) is 22.4 Å². The average Bonchev–Trinajstić information content (AvgIpc) is 2.49. The lowest BCUT2D eigenvalue weighted by molar-refractivity contribution is 1.21. The molecular formula is C20H19N. The number of rotatable bonds is 2. The number of aryl methyl sites for hydroxylation is 3. The number of nitrogens with zero attached hydrogens (tertiary/aromatic N) is 1. The molecular weight excluding hydrogens is 254 g/mol. The highest BCUT2D eigenvalue weighted by molar-refractivity contribution is 5.69. The van der Waals surface area contributed by atoms with Crippen LogP contribution in [0.15, 0.2) is 60.7 Å². The molecule has 3 rings (SSSR count). The number of benzene rings is 2. The Morgan fingerprint density at radius 1 is 0.571 bits per heavy atom. The van der Waals surface area contributed by atoms with E-state index < -0.39 is 0 Å². The van der Waals surface area contributed by atoms with E-state index in [1.54, 1.807) is 0 Å². The Labute approximate surface area is 126 Å². The molecule has 3 aromatic rings. The van der Waals surface area contributed by atoms with E-state index in [-0.39, 0.29) is 0 Å². The topological polar surface area (TPSA) is 12.9 Å². The van der Waals surface area contributed by atoms with Gasteiger partial charge in [0.2, 0.25) is 0 Å². The normalized spacial score (nSPS) is 10.6. The molecule has 0 unspecified atom stereocenters. The van der Waals surface area contributed by atoms with E-state index in [1.165, 1.54) is 27.8 Å². The Morgan fingerprint density at radius 3 is 1.62 bits per heavy atom. The first-order chi connectivity index (χ1) is 10.1. The Hall–Kier alpha value is -2.41. The largest absolute Gasteiger partial charge is 0.252 e. The maximum Gasteiger partial charge on any atom is 0.0705 e. The molecule has 2 aromatic carbocycles. The van der Waals surface area contributed by atoms with Crippen molar-refractivity contribution in [3.63, 3.8) is 0 Å². The first-order valence-electron chi connectivity index (χ1n) is 7.25. The second kappa shape index (κ2) is 5.53. The zero-order valence-electron chi connectivity index (χ0n) is 12.7. The molecule has 0 amide bonds. The van der Waals surface area contributed by atoms with Crippen molar-refractivity contribution in [1.82, 2.24) is 4.98 Å². The van der Waals surface area contributed by atoms with Crippen molar-refractivity contribution in [3.05, 3.63) is 77.5 Å². The van der Waals surface area contributed by atoms with Gasteiger partial charge in [0, 0.05) is 16.8 Å². The summed E-state index contributed by atoms with van der Waals surface area (Å²) in [7, 11) is 0. The maximum atomic E-state index is 4.77. The van der Waals surface area contributed by atoms with E-state index in [9.17, 15) is 0 Å². The lowest BCUT2D eigenvalue weighted by atomic mass is 10.0. The molecule has 104 valence electrons. The van der Waals surface area contributed by atoms with Crippen LogP contribution in [0.3, 0.4) is 0 Å². The van der Waals surface area contributed by atoms with Gasteiger partial charge in [-0.25, -0.2) is 0 Å².